The molecule has 25 heavy (non-hydrogen) atoms. The number of aliphatic imine (C=N–C) groups is 1. The van der Waals surface area contributed by atoms with Gasteiger partial charge in [0.2, 0.25) is 0 Å². The van der Waals surface area contributed by atoms with E-state index in [-0.39, 0.29) is 5.82 Å². The van der Waals surface area contributed by atoms with Crippen LogP contribution in [-0.4, -0.2) is 10.8 Å². The van der Waals surface area contributed by atoms with Crippen molar-refractivity contribution in [3.05, 3.63) is 82.9 Å². The molecule has 0 N–H and O–H groups in total. The number of hydrogen-bond donors (Lipinski definition) is 0. The van der Waals surface area contributed by atoms with Crippen molar-refractivity contribution < 1.29 is 4.39 Å². The molecule has 1 heterocycles. The van der Waals surface area contributed by atoms with Crippen LogP contribution in [0.25, 0.3) is 5.69 Å². The van der Waals surface area contributed by atoms with E-state index in [0.717, 1.165) is 28.3 Å². The summed E-state index contributed by atoms with van der Waals surface area (Å²) >= 11 is 0. The van der Waals surface area contributed by atoms with Gasteiger partial charge in [-0.25, -0.2) is 4.39 Å². The maximum atomic E-state index is 13.2. The zero-order chi connectivity index (χ0) is 18.0. The zero-order valence-corrected chi connectivity index (χ0v) is 15.1. The van der Waals surface area contributed by atoms with Gasteiger partial charge in [0.15, 0.2) is 0 Å². The number of aryl methyl sites for hydroxylation is 1. The third-order valence-electron chi connectivity index (χ3n) is 4.46. The van der Waals surface area contributed by atoms with Crippen LogP contribution >= 0.6 is 0 Å². The van der Waals surface area contributed by atoms with Gasteiger partial charge in [-0.1, -0.05) is 32.0 Å². The van der Waals surface area contributed by atoms with Crippen LogP contribution in [0.1, 0.15) is 42.3 Å². The summed E-state index contributed by atoms with van der Waals surface area (Å²) in [5, 5.41) is 0. The Bertz CT molecular complexity index is 902. The normalized spacial score (nSPS) is 11.6. The fraction of sp³-hybridized carbons (Fsp3) is 0.227. The Morgan fingerprint density at radius 3 is 2.36 bits per heavy atom. The molecule has 0 aliphatic carbocycles. The maximum absolute atomic E-state index is 13.2. The second kappa shape index (κ2) is 7.06. The van der Waals surface area contributed by atoms with Crippen molar-refractivity contribution in [1.29, 1.82) is 0 Å². The smallest absolute Gasteiger partial charge is 0.123 e. The highest BCUT2D eigenvalue weighted by atomic mass is 19.1. The number of halogens is 1. The summed E-state index contributed by atoms with van der Waals surface area (Å²) < 4.78 is 15.3. The standard InChI is InChI=1S/C22H23FN2/c1-15(2)21-7-5-6-8-22(21)24-14-18-13-16(3)25(17(18)4)20-11-9-19(23)10-12-20/h5-15H,1-4H3. The van der Waals surface area contributed by atoms with E-state index in [0.29, 0.717) is 5.92 Å². The summed E-state index contributed by atoms with van der Waals surface area (Å²) in [5.41, 5.74) is 6.46. The van der Waals surface area contributed by atoms with Gasteiger partial charge in [-0.15, -0.1) is 0 Å². The Morgan fingerprint density at radius 2 is 1.68 bits per heavy atom. The van der Waals surface area contributed by atoms with E-state index in [1.807, 2.05) is 18.3 Å². The number of para-hydroxylation sites is 1. The largest absolute Gasteiger partial charge is 0.318 e. The minimum atomic E-state index is -0.224. The minimum absolute atomic E-state index is 0.224. The van der Waals surface area contributed by atoms with Gasteiger partial charge in [-0.3, -0.25) is 4.99 Å². The molecule has 0 amide bonds. The molecule has 3 heteroatoms. The molecule has 0 radical (unpaired) electrons. The molecular formula is C22H23FN2. The van der Waals surface area contributed by atoms with Crippen LogP contribution in [0.4, 0.5) is 10.1 Å². The number of aromatic nitrogens is 1. The summed E-state index contributed by atoms with van der Waals surface area (Å²) in [7, 11) is 0. The van der Waals surface area contributed by atoms with Crippen LogP contribution in [0.2, 0.25) is 0 Å². The molecule has 0 spiro atoms. The summed E-state index contributed by atoms with van der Waals surface area (Å²) in [6, 6.07) is 16.9. The van der Waals surface area contributed by atoms with Crippen molar-refractivity contribution in [2.75, 3.05) is 0 Å². The number of hydrogen-bond acceptors (Lipinski definition) is 1. The van der Waals surface area contributed by atoms with E-state index in [4.69, 9.17) is 4.99 Å². The molecule has 128 valence electrons. The summed E-state index contributed by atoms with van der Waals surface area (Å²) in [6.07, 6.45) is 1.92. The van der Waals surface area contributed by atoms with Crippen LogP contribution in [0.15, 0.2) is 59.6 Å². The molecule has 3 rings (SSSR count). The number of nitrogens with zero attached hydrogens (tertiary/aromatic N) is 2. The molecule has 2 aromatic carbocycles. The highest BCUT2D eigenvalue weighted by Gasteiger charge is 2.10. The van der Waals surface area contributed by atoms with E-state index in [9.17, 15) is 4.39 Å². The van der Waals surface area contributed by atoms with E-state index in [2.05, 4.69) is 50.5 Å². The van der Waals surface area contributed by atoms with Crippen LogP contribution < -0.4 is 0 Å². The van der Waals surface area contributed by atoms with Gasteiger partial charge in [0.1, 0.15) is 5.82 Å². The minimum Gasteiger partial charge on any atom is -0.318 e. The van der Waals surface area contributed by atoms with Crippen LogP contribution in [0, 0.1) is 19.7 Å². The molecule has 3 aromatic rings. The molecule has 0 aliphatic rings. The topological polar surface area (TPSA) is 17.3 Å². The summed E-state index contributed by atoms with van der Waals surface area (Å²) in [6.45, 7) is 8.46. The van der Waals surface area contributed by atoms with E-state index >= 15 is 0 Å². The first-order valence-electron chi connectivity index (χ1n) is 8.55. The zero-order valence-electron chi connectivity index (χ0n) is 15.1. The van der Waals surface area contributed by atoms with Crippen LogP contribution in [-0.2, 0) is 0 Å². The van der Waals surface area contributed by atoms with Crippen molar-refractivity contribution in [1.82, 2.24) is 4.57 Å². The first-order chi connectivity index (χ1) is 12.0. The van der Waals surface area contributed by atoms with Crippen molar-refractivity contribution in [2.24, 2.45) is 4.99 Å². The van der Waals surface area contributed by atoms with Gasteiger partial charge in [0.05, 0.1) is 5.69 Å². The Kier molecular flexibility index (Phi) is 4.84. The lowest BCUT2D eigenvalue weighted by molar-refractivity contribution is 0.627. The van der Waals surface area contributed by atoms with Crippen molar-refractivity contribution in [3.63, 3.8) is 0 Å². The maximum Gasteiger partial charge on any atom is 0.123 e. The predicted octanol–water partition coefficient (Wildman–Crippen LogP) is 6.11. The monoisotopic (exact) mass is 334 g/mol. The fourth-order valence-corrected chi connectivity index (χ4v) is 3.14. The Labute approximate surface area is 148 Å². The lowest BCUT2D eigenvalue weighted by Gasteiger charge is -2.10. The molecule has 1 aromatic heterocycles. The average molecular weight is 334 g/mol. The van der Waals surface area contributed by atoms with Crippen molar-refractivity contribution >= 4 is 11.9 Å². The van der Waals surface area contributed by atoms with Gasteiger partial charge < -0.3 is 4.57 Å². The van der Waals surface area contributed by atoms with Gasteiger partial charge in [-0.2, -0.15) is 0 Å². The average Bonchev–Trinajstić information content (AvgIpc) is 2.88. The molecule has 0 unspecified atom stereocenters. The van der Waals surface area contributed by atoms with Crippen LogP contribution in [0.5, 0.6) is 0 Å². The van der Waals surface area contributed by atoms with Gasteiger partial charge in [-0.05, 0) is 61.7 Å². The van der Waals surface area contributed by atoms with Gasteiger partial charge >= 0.3 is 0 Å². The first kappa shape index (κ1) is 17.2. The SMILES string of the molecule is Cc1cc(C=Nc2ccccc2C(C)C)c(C)n1-c1ccc(F)cc1. The summed E-state index contributed by atoms with van der Waals surface area (Å²) in [5.74, 6) is 0.207. The first-order valence-corrected chi connectivity index (χ1v) is 8.55. The molecule has 0 saturated carbocycles. The lowest BCUT2D eigenvalue weighted by Crippen LogP contribution is -1.99. The van der Waals surface area contributed by atoms with Crippen molar-refractivity contribution in [3.8, 4) is 5.69 Å². The quantitative estimate of drug-likeness (QED) is 0.512. The lowest BCUT2D eigenvalue weighted by atomic mass is 10.0. The van der Waals surface area contributed by atoms with E-state index in [1.54, 1.807) is 12.1 Å². The highest BCUT2D eigenvalue weighted by molar-refractivity contribution is 5.84. The molecule has 0 bridgehead atoms. The Morgan fingerprint density at radius 1 is 1.00 bits per heavy atom. The molecular weight excluding hydrogens is 311 g/mol. The van der Waals surface area contributed by atoms with Crippen LogP contribution in [0.3, 0.4) is 0 Å². The van der Waals surface area contributed by atoms with Crippen molar-refractivity contribution in [2.45, 2.75) is 33.6 Å². The van der Waals surface area contributed by atoms with E-state index in [1.165, 1.54) is 17.7 Å². The molecule has 0 fully saturated rings. The molecule has 2 nitrogen and oxygen atoms in total. The molecule has 0 atom stereocenters. The second-order valence-electron chi connectivity index (χ2n) is 6.61. The summed E-state index contributed by atoms with van der Waals surface area (Å²) in [4.78, 5) is 4.72. The molecule has 0 saturated heterocycles. The van der Waals surface area contributed by atoms with Gasteiger partial charge in [0.25, 0.3) is 0 Å². The Balaban J connectivity index is 1.98. The fourth-order valence-electron chi connectivity index (χ4n) is 3.14. The molecule has 0 aliphatic heterocycles. The number of benzene rings is 2. The third-order valence-corrected chi connectivity index (χ3v) is 4.46. The third kappa shape index (κ3) is 3.55. The van der Waals surface area contributed by atoms with E-state index < -0.39 is 0 Å². The number of rotatable bonds is 4. The second-order valence-corrected chi connectivity index (χ2v) is 6.61. The van der Waals surface area contributed by atoms with Gasteiger partial charge in [0, 0.05) is 28.9 Å². The Hall–Kier alpha value is -2.68. The predicted molar refractivity (Wildman–Crippen MR) is 103 cm³/mol. The highest BCUT2D eigenvalue weighted by Crippen LogP contribution is 2.27.